The average Bonchev–Trinajstić information content (AvgIpc) is 2.48. The van der Waals surface area contributed by atoms with Crippen molar-refractivity contribution in [2.75, 3.05) is 5.32 Å². The fourth-order valence-electron chi connectivity index (χ4n) is 2.68. The van der Waals surface area contributed by atoms with Gasteiger partial charge in [-0.3, -0.25) is 10.1 Å². The standard InChI is InChI=1S/C14H15N3O4/c15-9-10-4-5-11(8-12(10)17(20)21)16-14(13(18)19)6-2-1-3-7-14/h4-5,8,16H,1-3,6-7H2,(H,18,19). The minimum absolute atomic E-state index is 0.0430. The van der Waals surface area contributed by atoms with Crippen LogP contribution in [-0.2, 0) is 4.79 Å². The molecule has 1 aliphatic carbocycles. The van der Waals surface area contributed by atoms with Gasteiger partial charge in [0.2, 0.25) is 0 Å². The number of benzene rings is 1. The van der Waals surface area contributed by atoms with Crippen molar-refractivity contribution in [3.05, 3.63) is 33.9 Å². The summed E-state index contributed by atoms with van der Waals surface area (Å²) in [7, 11) is 0. The Morgan fingerprint density at radius 2 is 2.05 bits per heavy atom. The molecule has 1 aromatic rings. The van der Waals surface area contributed by atoms with Gasteiger partial charge < -0.3 is 10.4 Å². The van der Waals surface area contributed by atoms with Crippen molar-refractivity contribution in [2.24, 2.45) is 0 Å². The first-order valence-electron chi connectivity index (χ1n) is 6.69. The molecule has 0 amide bonds. The number of nitriles is 1. The summed E-state index contributed by atoms with van der Waals surface area (Å²) in [5.74, 6) is -0.950. The smallest absolute Gasteiger partial charge is 0.329 e. The topological polar surface area (TPSA) is 116 Å². The number of carbonyl (C=O) groups is 1. The second-order valence-corrected chi connectivity index (χ2v) is 5.17. The Morgan fingerprint density at radius 1 is 1.38 bits per heavy atom. The number of hydrogen-bond donors (Lipinski definition) is 2. The molecule has 110 valence electrons. The minimum atomic E-state index is -1.08. The number of aliphatic carboxylic acids is 1. The highest BCUT2D eigenvalue weighted by Gasteiger charge is 2.39. The van der Waals surface area contributed by atoms with E-state index in [4.69, 9.17) is 5.26 Å². The van der Waals surface area contributed by atoms with Gasteiger partial charge in [0.25, 0.3) is 5.69 Å². The fraction of sp³-hybridized carbons (Fsp3) is 0.429. The Morgan fingerprint density at radius 3 is 2.57 bits per heavy atom. The van der Waals surface area contributed by atoms with Crippen LogP contribution in [0.3, 0.4) is 0 Å². The second-order valence-electron chi connectivity index (χ2n) is 5.17. The number of hydrogen-bond acceptors (Lipinski definition) is 5. The van der Waals surface area contributed by atoms with Crippen LogP contribution in [0.5, 0.6) is 0 Å². The molecular formula is C14H15N3O4. The highest BCUT2D eigenvalue weighted by atomic mass is 16.6. The number of rotatable bonds is 4. The lowest BCUT2D eigenvalue weighted by Gasteiger charge is -2.34. The van der Waals surface area contributed by atoms with Crippen LogP contribution in [0.1, 0.15) is 37.7 Å². The van der Waals surface area contributed by atoms with E-state index in [-0.39, 0.29) is 11.3 Å². The summed E-state index contributed by atoms with van der Waals surface area (Å²) in [5, 5.41) is 32.2. The molecule has 0 unspecified atom stereocenters. The summed E-state index contributed by atoms with van der Waals surface area (Å²) >= 11 is 0. The molecule has 0 saturated heterocycles. The van der Waals surface area contributed by atoms with Crippen LogP contribution in [0.2, 0.25) is 0 Å². The average molecular weight is 289 g/mol. The van der Waals surface area contributed by atoms with E-state index in [0.717, 1.165) is 19.3 Å². The number of nitro groups is 1. The molecule has 21 heavy (non-hydrogen) atoms. The molecule has 7 heteroatoms. The highest BCUT2D eigenvalue weighted by Crippen LogP contribution is 2.33. The van der Waals surface area contributed by atoms with E-state index < -0.39 is 16.4 Å². The maximum atomic E-state index is 11.6. The van der Waals surface area contributed by atoms with Crippen LogP contribution in [-0.4, -0.2) is 21.5 Å². The van der Waals surface area contributed by atoms with Crippen LogP contribution in [0, 0.1) is 21.4 Å². The summed E-state index contributed by atoms with van der Waals surface area (Å²) in [6, 6.07) is 5.81. The summed E-state index contributed by atoms with van der Waals surface area (Å²) in [6.07, 6.45) is 3.56. The van der Waals surface area contributed by atoms with Gasteiger partial charge in [-0.05, 0) is 25.0 Å². The first-order valence-corrected chi connectivity index (χ1v) is 6.69. The zero-order valence-electron chi connectivity index (χ0n) is 11.3. The van der Waals surface area contributed by atoms with E-state index >= 15 is 0 Å². The molecule has 1 aliphatic rings. The predicted molar refractivity (Wildman–Crippen MR) is 74.9 cm³/mol. The quantitative estimate of drug-likeness (QED) is 0.650. The van der Waals surface area contributed by atoms with Crippen LogP contribution in [0.25, 0.3) is 0 Å². The maximum Gasteiger partial charge on any atom is 0.329 e. The third-order valence-corrected chi connectivity index (χ3v) is 3.81. The lowest BCUT2D eigenvalue weighted by atomic mass is 9.81. The Kier molecular flexibility index (Phi) is 4.08. The summed E-state index contributed by atoms with van der Waals surface area (Å²) < 4.78 is 0. The molecule has 2 rings (SSSR count). The van der Waals surface area contributed by atoms with Gasteiger partial charge in [-0.15, -0.1) is 0 Å². The minimum Gasteiger partial charge on any atom is -0.480 e. The van der Waals surface area contributed by atoms with Crippen molar-refractivity contribution < 1.29 is 14.8 Å². The van der Waals surface area contributed by atoms with Crippen molar-refractivity contribution >= 4 is 17.3 Å². The monoisotopic (exact) mass is 289 g/mol. The molecule has 2 N–H and O–H groups in total. The van der Waals surface area contributed by atoms with Gasteiger partial charge in [0.15, 0.2) is 0 Å². The van der Waals surface area contributed by atoms with Crippen LogP contribution < -0.4 is 5.32 Å². The Labute approximate surface area is 121 Å². The van der Waals surface area contributed by atoms with Gasteiger partial charge in [0, 0.05) is 11.8 Å². The molecule has 7 nitrogen and oxygen atoms in total. The van der Waals surface area contributed by atoms with Crippen LogP contribution in [0.4, 0.5) is 11.4 Å². The molecule has 0 spiro atoms. The molecule has 1 fully saturated rings. The lowest BCUT2D eigenvalue weighted by molar-refractivity contribution is -0.385. The largest absolute Gasteiger partial charge is 0.480 e. The molecule has 0 atom stereocenters. The van der Waals surface area contributed by atoms with Crippen LogP contribution >= 0.6 is 0 Å². The molecular weight excluding hydrogens is 274 g/mol. The zero-order chi connectivity index (χ0) is 15.5. The molecule has 1 aromatic carbocycles. The van der Waals surface area contributed by atoms with Gasteiger partial charge >= 0.3 is 5.97 Å². The van der Waals surface area contributed by atoms with Crippen molar-refractivity contribution in [1.82, 2.24) is 0 Å². The van der Waals surface area contributed by atoms with Crippen molar-refractivity contribution in [1.29, 1.82) is 5.26 Å². The lowest BCUT2D eigenvalue weighted by Crippen LogP contribution is -2.47. The molecule has 0 aromatic heterocycles. The highest BCUT2D eigenvalue weighted by molar-refractivity contribution is 5.83. The van der Waals surface area contributed by atoms with E-state index in [2.05, 4.69) is 5.32 Å². The number of nitrogens with one attached hydrogen (secondary N) is 1. The van der Waals surface area contributed by atoms with Crippen molar-refractivity contribution in [3.8, 4) is 6.07 Å². The summed E-state index contributed by atoms with van der Waals surface area (Å²) in [4.78, 5) is 21.9. The number of anilines is 1. The second kappa shape index (κ2) is 5.79. The Balaban J connectivity index is 2.34. The normalized spacial score (nSPS) is 16.7. The molecule has 0 aliphatic heterocycles. The van der Waals surface area contributed by atoms with Crippen molar-refractivity contribution in [3.63, 3.8) is 0 Å². The van der Waals surface area contributed by atoms with Crippen molar-refractivity contribution in [2.45, 2.75) is 37.6 Å². The molecule has 1 saturated carbocycles. The third-order valence-electron chi connectivity index (χ3n) is 3.81. The maximum absolute atomic E-state index is 11.6. The van der Waals surface area contributed by atoms with Gasteiger partial charge in [-0.25, -0.2) is 4.79 Å². The zero-order valence-corrected chi connectivity index (χ0v) is 11.3. The number of nitrogens with zero attached hydrogens (tertiary/aromatic N) is 2. The fourth-order valence-corrected chi connectivity index (χ4v) is 2.68. The number of nitro benzene ring substituents is 1. The van der Waals surface area contributed by atoms with Gasteiger partial charge in [-0.1, -0.05) is 19.3 Å². The van der Waals surface area contributed by atoms with Gasteiger partial charge in [0.1, 0.15) is 17.2 Å². The summed E-state index contributed by atoms with van der Waals surface area (Å²) in [5.41, 5.74) is -1.09. The Hall–Kier alpha value is -2.62. The third kappa shape index (κ3) is 2.94. The summed E-state index contributed by atoms with van der Waals surface area (Å²) in [6.45, 7) is 0. The molecule has 0 radical (unpaired) electrons. The van der Waals surface area contributed by atoms with E-state index in [1.165, 1.54) is 18.2 Å². The first-order chi connectivity index (χ1) is 9.98. The predicted octanol–water partition coefficient (Wildman–Crippen LogP) is 2.67. The van der Waals surface area contributed by atoms with Gasteiger partial charge in [-0.2, -0.15) is 5.26 Å². The first kappa shape index (κ1) is 14.8. The SMILES string of the molecule is N#Cc1ccc(NC2(C(=O)O)CCCCC2)cc1[N+](=O)[O-]. The van der Waals surface area contributed by atoms with Crippen LogP contribution in [0.15, 0.2) is 18.2 Å². The molecule has 0 heterocycles. The number of carboxylic acid groups (broad SMARTS) is 1. The van der Waals surface area contributed by atoms with Gasteiger partial charge in [0.05, 0.1) is 4.92 Å². The van der Waals surface area contributed by atoms with E-state index in [1.807, 2.05) is 0 Å². The Bertz CT molecular complexity index is 615. The molecule has 0 bridgehead atoms. The van der Waals surface area contributed by atoms with E-state index in [1.54, 1.807) is 6.07 Å². The number of carboxylic acids is 1. The van der Waals surface area contributed by atoms with E-state index in [0.29, 0.717) is 18.5 Å². The van der Waals surface area contributed by atoms with E-state index in [9.17, 15) is 20.0 Å².